The zero-order valence-electron chi connectivity index (χ0n) is 10.8. The summed E-state index contributed by atoms with van der Waals surface area (Å²) in [6, 6.07) is 5.25. The van der Waals surface area contributed by atoms with Gasteiger partial charge < -0.3 is 9.47 Å². The summed E-state index contributed by atoms with van der Waals surface area (Å²) >= 11 is 0. The van der Waals surface area contributed by atoms with E-state index in [0.717, 1.165) is 25.7 Å². The topological polar surface area (TPSA) is 78.7 Å². The molecule has 1 rings (SSSR count). The highest BCUT2D eigenvalue weighted by molar-refractivity contribution is 5.63. The molecule has 6 heteroatoms. The number of carbonyl (C=O) groups excluding carboxylic acids is 1. The van der Waals surface area contributed by atoms with E-state index in [-0.39, 0.29) is 11.4 Å². The van der Waals surface area contributed by atoms with E-state index >= 15 is 0 Å². The van der Waals surface area contributed by atoms with E-state index < -0.39 is 11.1 Å². The molecular weight excluding hydrogens is 250 g/mol. The Morgan fingerprint density at radius 2 is 1.89 bits per heavy atom. The van der Waals surface area contributed by atoms with Crippen LogP contribution in [0.15, 0.2) is 24.3 Å². The summed E-state index contributed by atoms with van der Waals surface area (Å²) < 4.78 is 9.75. The molecule has 0 saturated heterocycles. The number of rotatable bonds is 7. The predicted molar refractivity (Wildman–Crippen MR) is 69.2 cm³/mol. The summed E-state index contributed by atoms with van der Waals surface area (Å²) in [7, 11) is 0. The maximum atomic E-state index is 11.3. The van der Waals surface area contributed by atoms with Crippen LogP contribution < -0.4 is 4.74 Å². The standard InChI is InChI=1S/C13H17NO5/c1-2-3-4-5-10-18-13(15)19-12-8-6-11(7-9-12)14(16)17/h6-9H,2-5,10H2,1H3. The second-order valence-corrected chi connectivity index (χ2v) is 4.01. The molecule has 104 valence electrons. The molecule has 0 aliphatic heterocycles. The van der Waals surface area contributed by atoms with Crippen molar-refractivity contribution < 1.29 is 19.2 Å². The van der Waals surface area contributed by atoms with Crippen molar-refractivity contribution in [1.82, 2.24) is 0 Å². The number of unbranched alkanes of at least 4 members (excludes halogenated alkanes) is 3. The van der Waals surface area contributed by atoms with Crippen LogP contribution in [-0.2, 0) is 4.74 Å². The number of benzene rings is 1. The maximum absolute atomic E-state index is 11.3. The first kappa shape index (κ1) is 14.9. The Bertz CT molecular complexity index is 416. The Balaban J connectivity index is 2.30. The lowest BCUT2D eigenvalue weighted by Gasteiger charge is -2.05. The maximum Gasteiger partial charge on any atom is 0.513 e. The number of non-ortho nitro benzene ring substituents is 1. The van der Waals surface area contributed by atoms with Crippen LogP contribution in [0.4, 0.5) is 10.5 Å². The number of hydrogen-bond acceptors (Lipinski definition) is 5. The Hall–Kier alpha value is -2.11. The second kappa shape index (κ2) is 8.07. The van der Waals surface area contributed by atoms with Gasteiger partial charge in [0.1, 0.15) is 5.75 Å². The van der Waals surface area contributed by atoms with Gasteiger partial charge in [-0.1, -0.05) is 26.2 Å². The lowest BCUT2D eigenvalue weighted by molar-refractivity contribution is -0.384. The second-order valence-electron chi connectivity index (χ2n) is 4.01. The fourth-order valence-corrected chi connectivity index (χ4v) is 1.45. The van der Waals surface area contributed by atoms with E-state index in [1.54, 1.807) is 0 Å². The van der Waals surface area contributed by atoms with Gasteiger partial charge in [0, 0.05) is 12.1 Å². The van der Waals surface area contributed by atoms with Gasteiger partial charge in [-0.15, -0.1) is 0 Å². The monoisotopic (exact) mass is 267 g/mol. The van der Waals surface area contributed by atoms with Gasteiger partial charge in [0.25, 0.3) is 5.69 Å². The van der Waals surface area contributed by atoms with Gasteiger partial charge in [0.2, 0.25) is 0 Å². The van der Waals surface area contributed by atoms with Crippen LogP contribution in [0.25, 0.3) is 0 Å². The molecular formula is C13H17NO5. The Morgan fingerprint density at radius 1 is 1.21 bits per heavy atom. The van der Waals surface area contributed by atoms with Crippen molar-refractivity contribution in [3.63, 3.8) is 0 Å². The zero-order valence-corrected chi connectivity index (χ0v) is 10.8. The Labute approximate surface area is 111 Å². The highest BCUT2D eigenvalue weighted by Crippen LogP contribution is 2.17. The third-order valence-electron chi connectivity index (χ3n) is 2.47. The van der Waals surface area contributed by atoms with Crippen LogP contribution in [0, 0.1) is 10.1 Å². The van der Waals surface area contributed by atoms with E-state index in [1.165, 1.54) is 24.3 Å². The van der Waals surface area contributed by atoms with Gasteiger partial charge >= 0.3 is 6.16 Å². The summed E-state index contributed by atoms with van der Waals surface area (Å²) in [6.45, 7) is 2.43. The highest BCUT2D eigenvalue weighted by atomic mass is 16.7. The van der Waals surface area contributed by atoms with Crippen molar-refractivity contribution in [3.8, 4) is 5.75 Å². The molecule has 0 radical (unpaired) electrons. The van der Waals surface area contributed by atoms with Crippen LogP contribution in [0.1, 0.15) is 32.6 Å². The minimum absolute atomic E-state index is 0.0553. The van der Waals surface area contributed by atoms with Crippen LogP contribution in [0.2, 0.25) is 0 Å². The van der Waals surface area contributed by atoms with Crippen LogP contribution in [0.5, 0.6) is 5.75 Å². The summed E-state index contributed by atoms with van der Waals surface area (Å²) in [5.41, 5.74) is -0.0553. The van der Waals surface area contributed by atoms with Gasteiger partial charge in [0.15, 0.2) is 0 Å². The number of nitro groups is 1. The van der Waals surface area contributed by atoms with Crippen molar-refractivity contribution in [3.05, 3.63) is 34.4 Å². The van der Waals surface area contributed by atoms with E-state index in [9.17, 15) is 14.9 Å². The minimum atomic E-state index is -0.787. The van der Waals surface area contributed by atoms with Crippen molar-refractivity contribution >= 4 is 11.8 Å². The molecule has 0 heterocycles. The van der Waals surface area contributed by atoms with Crippen molar-refractivity contribution in [1.29, 1.82) is 0 Å². The Morgan fingerprint density at radius 3 is 2.47 bits per heavy atom. The quantitative estimate of drug-likeness (QED) is 0.247. The summed E-state index contributed by atoms with van der Waals surface area (Å²) in [6.07, 6.45) is 3.27. The minimum Gasteiger partial charge on any atom is -0.434 e. The molecule has 6 nitrogen and oxygen atoms in total. The van der Waals surface area contributed by atoms with E-state index in [2.05, 4.69) is 6.92 Å². The van der Waals surface area contributed by atoms with Crippen LogP contribution >= 0.6 is 0 Å². The lowest BCUT2D eigenvalue weighted by Crippen LogP contribution is -2.11. The fourth-order valence-electron chi connectivity index (χ4n) is 1.45. The predicted octanol–water partition coefficient (Wildman–Crippen LogP) is 3.69. The molecule has 0 atom stereocenters. The summed E-state index contributed by atoms with van der Waals surface area (Å²) in [5, 5.41) is 10.4. The first-order valence-corrected chi connectivity index (χ1v) is 6.22. The number of ether oxygens (including phenoxy) is 2. The first-order chi connectivity index (χ1) is 9.13. The first-order valence-electron chi connectivity index (χ1n) is 6.22. The highest BCUT2D eigenvalue weighted by Gasteiger charge is 2.08. The van der Waals surface area contributed by atoms with Crippen molar-refractivity contribution in [2.45, 2.75) is 32.6 Å². The van der Waals surface area contributed by atoms with E-state index in [4.69, 9.17) is 9.47 Å². The molecule has 0 unspecified atom stereocenters. The molecule has 0 amide bonds. The third-order valence-corrected chi connectivity index (χ3v) is 2.47. The molecule has 1 aromatic carbocycles. The normalized spacial score (nSPS) is 9.95. The smallest absolute Gasteiger partial charge is 0.434 e. The van der Waals surface area contributed by atoms with Gasteiger partial charge in [-0.3, -0.25) is 10.1 Å². The van der Waals surface area contributed by atoms with Gasteiger partial charge in [-0.05, 0) is 18.6 Å². The fraction of sp³-hybridized carbons (Fsp3) is 0.462. The third kappa shape index (κ3) is 5.85. The average molecular weight is 267 g/mol. The Kier molecular flexibility index (Phi) is 6.35. The molecule has 0 saturated carbocycles. The molecule has 0 aliphatic carbocycles. The SMILES string of the molecule is CCCCCCOC(=O)Oc1ccc([N+](=O)[O-])cc1. The molecule has 0 fully saturated rings. The number of hydrogen-bond donors (Lipinski definition) is 0. The van der Waals surface area contributed by atoms with E-state index in [0.29, 0.717) is 6.61 Å². The molecule has 0 spiro atoms. The largest absolute Gasteiger partial charge is 0.513 e. The van der Waals surface area contributed by atoms with Crippen molar-refractivity contribution in [2.24, 2.45) is 0 Å². The summed E-state index contributed by atoms with van der Waals surface area (Å²) in [4.78, 5) is 21.2. The molecule has 1 aromatic rings. The van der Waals surface area contributed by atoms with Gasteiger partial charge in [-0.25, -0.2) is 4.79 Å². The summed E-state index contributed by atoms with van der Waals surface area (Å²) in [5.74, 6) is 0.226. The van der Waals surface area contributed by atoms with E-state index in [1.807, 2.05) is 0 Å². The number of carbonyl (C=O) groups is 1. The van der Waals surface area contributed by atoms with Gasteiger partial charge in [0.05, 0.1) is 11.5 Å². The lowest BCUT2D eigenvalue weighted by atomic mass is 10.2. The zero-order chi connectivity index (χ0) is 14.1. The molecule has 0 aliphatic rings. The molecule has 19 heavy (non-hydrogen) atoms. The number of nitrogens with zero attached hydrogens (tertiary/aromatic N) is 1. The van der Waals surface area contributed by atoms with Crippen LogP contribution in [-0.4, -0.2) is 17.7 Å². The van der Waals surface area contributed by atoms with Gasteiger partial charge in [-0.2, -0.15) is 0 Å². The average Bonchev–Trinajstić information content (AvgIpc) is 2.39. The van der Waals surface area contributed by atoms with Crippen LogP contribution in [0.3, 0.4) is 0 Å². The molecule has 0 N–H and O–H groups in total. The number of nitro benzene ring substituents is 1. The van der Waals surface area contributed by atoms with Crippen molar-refractivity contribution in [2.75, 3.05) is 6.61 Å². The molecule has 0 aromatic heterocycles. The molecule has 0 bridgehead atoms.